The molecule has 0 aliphatic carbocycles. The van der Waals surface area contributed by atoms with Crippen LogP contribution in [0.3, 0.4) is 0 Å². The van der Waals surface area contributed by atoms with Crippen molar-refractivity contribution in [1.82, 2.24) is 10.0 Å². The number of carbonyl (C=O) groups excluding carboxylic acids is 1. The largest absolute Gasteiger partial charge is 0.398 e. The Kier molecular flexibility index (Phi) is 2.93. The van der Waals surface area contributed by atoms with E-state index in [1.165, 1.54) is 10.0 Å². The number of aliphatic hydroxyl groups excluding tert-OH is 2. The molecule has 0 radical (unpaired) electrons. The molecule has 4 N–H and O–H groups in total. The number of amides is 1. The van der Waals surface area contributed by atoms with Crippen LogP contribution in [0.1, 0.15) is 35.2 Å². The van der Waals surface area contributed by atoms with Gasteiger partial charge in [-0.05, 0) is 31.4 Å². The molecule has 1 aromatic carbocycles. The van der Waals surface area contributed by atoms with Crippen LogP contribution in [-0.2, 0) is 6.54 Å². The molecule has 2 atom stereocenters. The second-order valence-electron chi connectivity index (χ2n) is 5.01. The van der Waals surface area contributed by atoms with Crippen molar-refractivity contribution in [3.63, 3.8) is 0 Å². The van der Waals surface area contributed by atoms with Crippen molar-refractivity contribution in [3.05, 3.63) is 29.3 Å². The Morgan fingerprint density at radius 2 is 1.89 bits per heavy atom. The van der Waals surface area contributed by atoms with E-state index in [1.54, 1.807) is 18.2 Å². The molecule has 1 amide bonds. The van der Waals surface area contributed by atoms with E-state index in [1.807, 2.05) is 0 Å². The highest BCUT2D eigenvalue weighted by molar-refractivity contribution is 5.99. The number of rotatable bonds is 1. The number of piperidine rings is 1. The smallest absolute Gasteiger partial charge is 0.269 e. The number of hydrogen-bond donors (Lipinski definition) is 3. The van der Waals surface area contributed by atoms with Crippen LogP contribution in [-0.4, -0.2) is 38.6 Å². The highest BCUT2D eigenvalue weighted by Crippen LogP contribution is 2.32. The Hall–Kier alpha value is -1.63. The maximum atomic E-state index is 12.3. The first kappa shape index (κ1) is 12.4. The minimum atomic E-state index is -0.830. The number of nitrogen functional groups attached to an aromatic ring is 1. The highest BCUT2D eigenvalue weighted by atomic mass is 16.3. The first-order chi connectivity index (χ1) is 9.09. The van der Waals surface area contributed by atoms with Crippen molar-refractivity contribution in [2.45, 2.75) is 38.3 Å². The number of benzene rings is 1. The molecule has 1 fully saturated rings. The summed E-state index contributed by atoms with van der Waals surface area (Å²) in [6.45, 7) is 0.301. The van der Waals surface area contributed by atoms with Gasteiger partial charge in [-0.1, -0.05) is 6.07 Å². The SMILES string of the molecule is Nc1cccc2c1CN(N1C(O)CCCC1O)C2=O. The standard InChI is InChI=1S/C13H17N3O3/c14-10-4-1-3-8-9(10)7-15(13(8)19)16-11(17)5-2-6-12(16)18/h1,3-4,11-12,17-18H,2,5-7,14H2. The number of fused-ring (bicyclic) bond motifs is 1. The summed E-state index contributed by atoms with van der Waals surface area (Å²) < 4.78 is 0. The summed E-state index contributed by atoms with van der Waals surface area (Å²) in [7, 11) is 0. The van der Waals surface area contributed by atoms with Gasteiger partial charge >= 0.3 is 0 Å². The molecule has 6 heteroatoms. The van der Waals surface area contributed by atoms with Gasteiger partial charge in [-0.15, -0.1) is 0 Å². The monoisotopic (exact) mass is 263 g/mol. The van der Waals surface area contributed by atoms with Gasteiger partial charge in [-0.3, -0.25) is 9.80 Å². The van der Waals surface area contributed by atoms with Crippen molar-refractivity contribution >= 4 is 11.6 Å². The summed E-state index contributed by atoms with van der Waals surface area (Å²) in [5, 5.41) is 22.8. The molecule has 2 unspecified atom stereocenters. The van der Waals surface area contributed by atoms with Gasteiger partial charge in [0.25, 0.3) is 5.91 Å². The number of nitrogens with zero attached hydrogens (tertiary/aromatic N) is 2. The zero-order valence-corrected chi connectivity index (χ0v) is 10.5. The summed E-state index contributed by atoms with van der Waals surface area (Å²) in [5.41, 5.74) is 7.74. The van der Waals surface area contributed by atoms with Crippen molar-refractivity contribution in [2.75, 3.05) is 5.73 Å². The molecule has 2 aliphatic rings. The van der Waals surface area contributed by atoms with E-state index in [2.05, 4.69) is 0 Å². The first-order valence-electron chi connectivity index (χ1n) is 6.43. The van der Waals surface area contributed by atoms with Crippen LogP contribution in [0.5, 0.6) is 0 Å². The Morgan fingerprint density at radius 3 is 2.53 bits per heavy atom. The fourth-order valence-corrected chi connectivity index (χ4v) is 2.80. The lowest BCUT2D eigenvalue weighted by atomic mass is 10.1. The topological polar surface area (TPSA) is 90.0 Å². The van der Waals surface area contributed by atoms with Gasteiger partial charge in [0.1, 0.15) is 12.5 Å². The molecule has 0 bridgehead atoms. The zero-order chi connectivity index (χ0) is 13.6. The Balaban J connectivity index is 1.93. The minimum absolute atomic E-state index is 0.220. The van der Waals surface area contributed by atoms with Crippen LogP contribution in [0, 0.1) is 0 Å². The maximum Gasteiger partial charge on any atom is 0.269 e. The van der Waals surface area contributed by atoms with E-state index in [4.69, 9.17) is 5.73 Å². The van der Waals surface area contributed by atoms with Gasteiger partial charge in [0.05, 0.1) is 6.54 Å². The molecule has 0 saturated carbocycles. The molecular formula is C13H17N3O3. The van der Waals surface area contributed by atoms with E-state index >= 15 is 0 Å². The Morgan fingerprint density at radius 1 is 1.21 bits per heavy atom. The molecule has 2 heterocycles. The first-order valence-corrected chi connectivity index (χ1v) is 6.43. The van der Waals surface area contributed by atoms with Gasteiger partial charge in [0.2, 0.25) is 0 Å². The molecule has 6 nitrogen and oxygen atoms in total. The number of carbonyl (C=O) groups is 1. The fraction of sp³-hybridized carbons (Fsp3) is 0.462. The fourth-order valence-electron chi connectivity index (χ4n) is 2.80. The lowest BCUT2D eigenvalue weighted by molar-refractivity contribution is -0.219. The van der Waals surface area contributed by atoms with Crippen molar-refractivity contribution in [2.24, 2.45) is 0 Å². The van der Waals surface area contributed by atoms with Crippen LogP contribution >= 0.6 is 0 Å². The van der Waals surface area contributed by atoms with E-state index < -0.39 is 12.5 Å². The van der Waals surface area contributed by atoms with Crippen LogP contribution in [0.15, 0.2) is 18.2 Å². The summed E-state index contributed by atoms with van der Waals surface area (Å²) in [5.74, 6) is -0.220. The Labute approximate surface area is 111 Å². The molecule has 0 spiro atoms. The second-order valence-corrected chi connectivity index (χ2v) is 5.01. The third-order valence-electron chi connectivity index (χ3n) is 3.80. The van der Waals surface area contributed by atoms with Crippen LogP contribution in [0.25, 0.3) is 0 Å². The van der Waals surface area contributed by atoms with E-state index in [0.717, 1.165) is 12.0 Å². The van der Waals surface area contributed by atoms with E-state index in [9.17, 15) is 15.0 Å². The molecule has 19 heavy (non-hydrogen) atoms. The molecule has 1 aromatic rings. The molecule has 102 valence electrons. The average molecular weight is 263 g/mol. The van der Waals surface area contributed by atoms with Gasteiger partial charge in [0.15, 0.2) is 0 Å². The lowest BCUT2D eigenvalue weighted by Gasteiger charge is -2.41. The van der Waals surface area contributed by atoms with Crippen LogP contribution in [0.4, 0.5) is 5.69 Å². The Bertz CT molecular complexity index is 510. The normalized spacial score (nSPS) is 27.7. The average Bonchev–Trinajstić information content (AvgIpc) is 2.69. The number of hydrazine groups is 1. The summed E-state index contributed by atoms with van der Waals surface area (Å²) in [4.78, 5) is 12.3. The number of anilines is 1. The molecule has 1 saturated heterocycles. The molecule has 2 aliphatic heterocycles. The lowest BCUT2D eigenvalue weighted by Crippen LogP contribution is -2.56. The molecule has 0 aromatic heterocycles. The van der Waals surface area contributed by atoms with Gasteiger partial charge in [-0.25, -0.2) is 0 Å². The summed E-state index contributed by atoms with van der Waals surface area (Å²) in [6, 6.07) is 5.20. The third kappa shape index (κ3) is 1.88. The predicted octanol–water partition coefficient (Wildman–Crippen LogP) is 0.262. The quantitative estimate of drug-likeness (QED) is 0.632. The second kappa shape index (κ2) is 4.48. The predicted molar refractivity (Wildman–Crippen MR) is 68.4 cm³/mol. The minimum Gasteiger partial charge on any atom is -0.398 e. The van der Waals surface area contributed by atoms with E-state index in [-0.39, 0.29) is 5.91 Å². The van der Waals surface area contributed by atoms with Crippen LogP contribution in [0.2, 0.25) is 0 Å². The number of hydrogen-bond acceptors (Lipinski definition) is 5. The molecule has 3 rings (SSSR count). The summed E-state index contributed by atoms with van der Waals surface area (Å²) in [6.07, 6.45) is 0.182. The van der Waals surface area contributed by atoms with Gasteiger partial charge in [0, 0.05) is 16.8 Å². The van der Waals surface area contributed by atoms with Crippen molar-refractivity contribution < 1.29 is 15.0 Å². The summed E-state index contributed by atoms with van der Waals surface area (Å²) >= 11 is 0. The number of aliphatic hydroxyl groups is 2. The maximum absolute atomic E-state index is 12.3. The zero-order valence-electron chi connectivity index (χ0n) is 10.5. The van der Waals surface area contributed by atoms with Crippen molar-refractivity contribution in [3.8, 4) is 0 Å². The number of nitrogens with two attached hydrogens (primary N) is 1. The molecular weight excluding hydrogens is 246 g/mol. The van der Waals surface area contributed by atoms with Crippen LogP contribution < -0.4 is 5.73 Å². The van der Waals surface area contributed by atoms with Gasteiger partial charge in [-0.2, -0.15) is 5.01 Å². The highest BCUT2D eigenvalue weighted by Gasteiger charge is 2.40. The van der Waals surface area contributed by atoms with Crippen molar-refractivity contribution in [1.29, 1.82) is 0 Å². The van der Waals surface area contributed by atoms with E-state index in [0.29, 0.717) is 30.6 Å². The van der Waals surface area contributed by atoms with Gasteiger partial charge < -0.3 is 15.9 Å². The third-order valence-corrected chi connectivity index (χ3v) is 3.80.